The van der Waals surface area contributed by atoms with E-state index in [1.807, 2.05) is 6.07 Å². The first-order valence-corrected chi connectivity index (χ1v) is 6.83. The molecule has 100 valence electrons. The summed E-state index contributed by atoms with van der Waals surface area (Å²) in [5, 5.41) is 3.48. The van der Waals surface area contributed by atoms with E-state index in [4.69, 9.17) is 4.74 Å². The Kier molecular flexibility index (Phi) is 4.36. The van der Waals surface area contributed by atoms with Gasteiger partial charge < -0.3 is 10.1 Å². The summed E-state index contributed by atoms with van der Waals surface area (Å²) in [6, 6.07) is 7.30. The van der Waals surface area contributed by atoms with Gasteiger partial charge in [0.2, 0.25) is 0 Å². The van der Waals surface area contributed by atoms with Crippen LogP contribution >= 0.6 is 0 Å². The van der Waals surface area contributed by atoms with Crippen LogP contribution in [0.5, 0.6) is 0 Å². The maximum absolute atomic E-state index is 13.4. The van der Waals surface area contributed by atoms with E-state index in [0.717, 1.165) is 38.0 Å². The van der Waals surface area contributed by atoms with Crippen LogP contribution in [0.3, 0.4) is 0 Å². The van der Waals surface area contributed by atoms with Crippen LogP contribution < -0.4 is 5.32 Å². The summed E-state index contributed by atoms with van der Waals surface area (Å²) in [6.07, 6.45) is 2.82. The Morgan fingerprint density at radius 2 is 2.28 bits per heavy atom. The average molecular weight is 251 g/mol. The van der Waals surface area contributed by atoms with Crippen molar-refractivity contribution >= 4 is 0 Å². The molecule has 3 heteroatoms. The highest BCUT2D eigenvalue weighted by Gasteiger charge is 2.37. The van der Waals surface area contributed by atoms with Crippen molar-refractivity contribution in [3.8, 4) is 0 Å². The van der Waals surface area contributed by atoms with Crippen LogP contribution in [-0.4, -0.2) is 19.2 Å². The lowest BCUT2D eigenvalue weighted by atomic mass is 9.82. The fraction of sp³-hybridized carbons (Fsp3) is 0.600. The molecule has 0 spiro atoms. The Hall–Kier alpha value is -0.930. The molecule has 2 nitrogen and oxygen atoms in total. The summed E-state index contributed by atoms with van der Waals surface area (Å²) in [7, 11) is 0. The van der Waals surface area contributed by atoms with E-state index in [0.29, 0.717) is 6.04 Å². The van der Waals surface area contributed by atoms with Gasteiger partial charge in [-0.1, -0.05) is 26.0 Å². The number of nitrogens with one attached hydrogen (secondary N) is 1. The lowest BCUT2D eigenvalue weighted by Gasteiger charge is -2.41. The van der Waals surface area contributed by atoms with Gasteiger partial charge in [-0.25, -0.2) is 4.39 Å². The topological polar surface area (TPSA) is 21.3 Å². The lowest BCUT2D eigenvalue weighted by molar-refractivity contribution is -0.0968. The van der Waals surface area contributed by atoms with Crippen LogP contribution in [0.4, 0.5) is 4.39 Å². The second-order valence-electron chi connectivity index (χ2n) is 4.95. The minimum Gasteiger partial charge on any atom is -0.370 e. The monoisotopic (exact) mass is 251 g/mol. The van der Waals surface area contributed by atoms with Crippen LogP contribution in [-0.2, 0) is 10.3 Å². The van der Waals surface area contributed by atoms with Crippen LogP contribution in [0.25, 0.3) is 0 Å². The summed E-state index contributed by atoms with van der Waals surface area (Å²) < 4.78 is 19.4. The first-order chi connectivity index (χ1) is 8.70. The fourth-order valence-corrected chi connectivity index (χ4v) is 2.84. The standard InChI is InChI=1S/C15H22FNO/c1-3-15(12-6-5-7-13(16)10-12)11-14(17-4-2)8-9-18-15/h5-7,10,14,17H,3-4,8-9,11H2,1-2H3. The van der Waals surface area contributed by atoms with Gasteiger partial charge in [-0.15, -0.1) is 0 Å². The fourth-order valence-electron chi connectivity index (χ4n) is 2.84. The highest BCUT2D eigenvalue weighted by Crippen LogP contribution is 2.38. The van der Waals surface area contributed by atoms with E-state index in [1.54, 1.807) is 12.1 Å². The molecule has 0 amide bonds. The van der Waals surface area contributed by atoms with Gasteiger partial charge in [-0.05, 0) is 43.5 Å². The molecule has 2 rings (SSSR count). The SMILES string of the molecule is CCNC1CCOC(CC)(c2cccc(F)c2)C1. The van der Waals surface area contributed by atoms with Crippen LogP contribution in [0.2, 0.25) is 0 Å². The minimum atomic E-state index is -0.326. The molecule has 0 aliphatic carbocycles. The normalized spacial score (nSPS) is 28.3. The van der Waals surface area contributed by atoms with Gasteiger partial charge in [0.05, 0.1) is 5.60 Å². The first-order valence-electron chi connectivity index (χ1n) is 6.83. The number of hydrogen-bond acceptors (Lipinski definition) is 2. The molecule has 18 heavy (non-hydrogen) atoms. The Balaban J connectivity index is 2.24. The Morgan fingerprint density at radius 3 is 2.94 bits per heavy atom. The summed E-state index contributed by atoms with van der Waals surface area (Å²) in [5.74, 6) is -0.186. The van der Waals surface area contributed by atoms with Gasteiger partial charge in [-0.2, -0.15) is 0 Å². The lowest BCUT2D eigenvalue weighted by Crippen LogP contribution is -2.45. The molecule has 2 unspecified atom stereocenters. The van der Waals surface area contributed by atoms with Crippen LogP contribution in [0.1, 0.15) is 38.7 Å². The molecule has 1 aliphatic rings. The zero-order valence-electron chi connectivity index (χ0n) is 11.2. The van der Waals surface area contributed by atoms with Crippen molar-refractivity contribution < 1.29 is 9.13 Å². The molecule has 0 aromatic heterocycles. The van der Waals surface area contributed by atoms with E-state index in [1.165, 1.54) is 6.07 Å². The van der Waals surface area contributed by atoms with Gasteiger partial charge in [-0.3, -0.25) is 0 Å². The zero-order chi connectivity index (χ0) is 13.0. The molecule has 1 saturated heterocycles. The molecule has 1 aliphatic heterocycles. The van der Waals surface area contributed by atoms with Crippen LogP contribution in [0, 0.1) is 5.82 Å². The summed E-state index contributed by atoms with van der Waals surface area (Å²) in [5.41, 5.74) is 0.639. The molecule has 1 aromatic rings. The van der Waals surface area contributed by atoms with Crippen LogP contribution in [0.15, 0.2) is 24.3 Å². The number of ether oxygens (including phenoxy) is 1. The number of hydrogen-bond donors (Lipinski definition) is 1. The molecule has 1 heterocycles. The van der Waals surface area contributed by atoms with Gasteiger partial charge in [0.1, 0.15) is 5.82 Å². The van der Waals surface area contributed by atoms with Crippen molar-refractivity contribution in [2.45, 2.75) is 44.8 Å². The number of rotatable bonds is 4. The van der Waals surface area contributed by atoms with Gasteiger partial charge in [0.15, 0.2) is 0 Å². The van der Waals surface area contributed by atoms with Crippen molar-refractivity contribution in [3.63, 3.8) is 0 Å². The first kappa shape index (κ1) is 13.5. The van der Waals surface area contributed by atoms with E-state index in [-0.39, 0.29) is 11.4 Å². The average Bonchev–Trinajstić information content (AvgIpc) is 2.39. The van der Waals surface area contributed by atoms with Gasteiger partial charge >= 0.3 is 0 Å². The highest BCUT2D eigenvalue weighted by molar-refractivity contribution is 5.24. The second kappa shape index (κ2) is 5.81. The summed E-state index contributed by atoms with van der Waals surface area (Å²) >= 11 is 0. The molecule has 0 radical (unpaired) electrons. The largest absolute Gasteiger partial charge is 0.370 e. The van der Waals surface area contributed by atoms with Crippen molar-refractivity contribution in [3.05, 3.63) is 35.6 Å². The molecule has 1 aromatic carbocycles. The Labute approximate surface area is 109 Å². The molecular weight excluding hydrogens is 229 g/mol. The third-order valence-corrected chi connectivity index (χ3v) is 3.84. The van der Waals surface area contributed by atoms with Crippen molar-refractivity contribution in [1.29, 1.82) is 0 Å². The maximum Gasteiger partial charge on any atom is 0.123 e. The highest BCUT2D eigenvalue weighted by atomic mass is 19.1. The molecule has 0 saturated carbocycles. The maximum atomic E-state index is 13.4. The molecular formula is C15H22FNO. The summed E-state index contributed by atoms with van der Waals surface area (Å²) in [6.45, 7) is 5.93. The molecule has 0 bridgehead atoms. The summed E-state index contributed by atoms with van der Waals surface area (Å²) in [4.78, 5) is 0. The molecule has 1 fully saturated rings. The van der Waals surface area contributed by atoms with E-state index >= 15 is 0 Å². The third kappa shape index (κ3) is 2.73. The number of halogens is 1. The molecule has 1 N–H and O–H groups in total. The number of benzene rings is 1. The van der Waals surface area contributed by atoms with Crippen molar-refractivity contribution in [1.82, 2.24) is 5.32 Å². The second-order valence-corrected chi connectivity index (χ2v) is 4.95. The van der Waals surface area contributed by atoms with E-state index in [2.05, 4.69) is 19.2 Å². The van der Waals surface area contributed by atoms with Gasteiger partial charge in [0.25, 0.3) is 0 Å². The quantitative estimate of drug-likeness (QED) is 0.887. The van der Waals surface area contributed by atoms with E-state index < -0.39 is 0 Å². The third-order valence-electron chi connectivity index (χ3n) is 3.84. The predicted octanol–water partition coefficient (Wildman–Crippen LogP) is 3.22. The smallest absolute Gasteiger partial charge is 0.123 e. The minimum absolute atomic E-state index is 0.186. The van der Waals surface area contributed by atoms with Gasteiger partial charge in [0, 0.05) is 12.6 Å². The predicted molar refractivity (Wildman–Crippen MR) is 71.0 cm³/mol. The molecule has 2 atom stereocenters. The Morgan fingerprint density at radius 1 is 1.44 bits per heavy atom. The zero-order valence-corrected chi connectivity index (χ0v) is 11.2. The van der Waals surface area contributed by atoms with Crippen molar-refractivity contribution in [2.24, 2.45) is 0 Å². The van der Waals surface area contributed by atoms with Crippen molar-refractivity contribution in [2.75, 3.05) is 13.2 Å². The van der Waals surface area contributed by atoms with E-state index in [9.17, 15) is 4.39 Å². The Bertz CT molecular complexity index is 394.